The molecule has 1 atom stereocenters. The van der Waals surface area contributed by atoms with Crippen LogP contribution in [0.1, 0.15) is 32.6 Å². The smallest absolute Gasteiger partial charge is 0.0642 e. The molecular weight excluding hydrogens is 178 g/mol. The third-order valence-corrected chi connectivity index (χ3v) is 3.17. The fourth-order valence-corrected chi connectivity index (χ4v) is 1.86. The molecule has 1 aliphatic carbocycles. The quantitative estimate of drug-likeness (QED) is 0.649. The summed E-state index contributed by atoms with van der Waals surface area (Å²) >= 11 is 0. The first-order valence-corrected chi connectivity index (χ1v) is 5.55. The molecule has 0 saturated heterocycles. The fourth-order valence-electron chi connectivity index (χ4n) is 1.86. The average Bonchev–Trinajstić information content (AvgIpc) is 2.02. The Morgan fingerprint density at radius 1 is 1.50 bits per heavy atom. The summed E-state index contributed by atoms with van der Waals surface area (Å²) in [5, 5.41) is 12.5. The van der Waals surface area contributed by atoms with Crippen LogP contribution in [0.15, 0.2) is 0 Å². The van der Waals surface area contributed by atoms with Crippen LogP contribution in [0.4, 0.5) is 0 Å². The molecule has 3 heteroatoms. The summed E-state index contributed by atoms with van der Waals surface area (Å²) in [7, 11) is 1.71. The molecule has 1 aliphatic rings. The topological polar surface area (TPSA) is 41.5 Å². The highest BCUT2D eigenvalue weighted by Gasteiger charge is 2.26. The number of ether oxygens (including phenoxy) is 1. The minimum atomic E-state index is -0.0565. The number of aliphatic hydroxyl groups is 1. The van der Waals surface area contributed by atoms with Gasteiger partial charge in [-0.3, -0.25) is 0 Å². The second-order valence-corrected chi connectivity index (χ2v) is 4.65. The summed E-state index contributed by atoms with van der Waals surface area (Å²) in [6.45, 7) is 4.07. The van der Waals surface area contributed by atoms with Gasteiger partial charge in [-0.2, -0.15) is 0 Å². The van der Waals surface area contributed by atoms with Crippen molar-refractivity contribution < 1.29 is 9.84 Å². The van der Waals surface area contributed by atoms with Gasteiger partial charge in [-0.25, -0.2) is 0 Å². The third-order valence-electron chi connectivity index (χ3n) is 3.17. The van der Waals surface area contributed by atoms with Crippen LogP contribution in [-0.2, 0) is 4.74 Å². The van der Waals surface area contributed by atoms with Gasteiger partial charge in [0, 0.05) is 19.3 Å². The Hall–Kier alpha value is -0.120. The van der Waals surface area contributed by atoms with Crippen molar-refractivity contribution >= 4 is 0 Å². The van der Waals surface area contributed by atoms with Crippen molar-refractivity contribution in [2.24, 2.45) is 5.92 Å². The number of aliphatic hydroxyl groups excluding tert-OH is 1. The van der Waals surface area contributed by atoms with Gasteiger partial charge in [0.25, 0.3) is 0 Å². The molecule has 0 unspecified atom stereocenters. The van der Waals surface area contributed by atoms with E-state index in [1.807, 2.05) is 0 Å². The fraction of sp³-hybridized carbons (Fsp3) is 1.00. The van der Waals surface area contributed by atoms with E-state index in [4.69, 9.17) is 9.84 Å². The highest BCUT2D eigenvalue weighted by atomic mass is 16.5. The molecule has 1 fully saturated rings. The Kier molecular flexibility index (Phi) is 4.85. The average molecular weight is 201 g/mol. The monoisotopic (exact) mass is 201 g/mol. The summed E-state index contributed by atoms with van der Waals surface area (Å²) in [5.74, 6) is 0.852. The number of hydrogen-bond acceptors (Lipinski definition) is 3. The van der Waals surface area contributed by atoms with Gasteiger partial charge in [0.1, 0.15) is 0 Å². The number of rotatable bonds is 7. The normalized spacial score (nSPS) is 21.6. The predicted molar refractivity (Wildman–Crippen MR) is 57.3 cm³/mol. The first kappa shape index (κ1) is 12.0. The SMILES string of the molecule is COC[C@](C)(CCO)NCC1CCC1. The van der Waals surface area contributed by atoms with Gasteiger partial charge in [0.2, 0.25) is 0 Å². The Morgan fingerprint density at radius 2 is 2.21 bits per heavy atom. The van der Waals surface area contributed by atoms with Gasteiger partial charge < -0.3 is 15.2 Å². The van der Waals surface area contributed by atoms with Crippen molar-refractivity contribution in [3.8, 4) is 0 Å². The van der Waals surface area contributed by atoms with Crippen LogP contribution in [0.3, 0.4) is 0 Å². The first-order valence-electron chi connectivity index (χ1n) is 5.55. The maximum absolute atomic E-state index is 8.97. The Labute approximate surface area is 86.8 Å². The zero-order valence-corrected chi connectivity index (χ0v) is 9.38. The van der Waals surface area contributed by atoms with Gasteiger partial charge >= 0.3 is 0 Å². The van der Waals surface area contributed by atoms with E-state index < -0.39 is 0 Å². The third kappa shape index (κ3) is 3.56. The summed E-state index contributed by atoms with van der Waals surface area (Å²) in [5.41, 5.74) is -0.0565. The van der Waals surface area contributed by atoms with E-state index in [0.717, 1.165) is 18.9 Å². The molecule has 0 radical (unpaired) electrons. The van der Waals surface area contributed by atoms with E-state index in [0.29, 0.717) is 6.61 Å². The Balaban J connectivity index is 2.25. The Bertz CT molecular complexity index is 151. The molecule has 84 valence electrons. The molecule has 0 aromatic heterocycles. The lowest BCUT2D eigenvalue weighted by Crippen LogP contribution is -2.49. The van der Waals surface area contributed by atoms with Crippen LogP contribution in [0.5, 0.6) is 0 Å². The van der Waals surface area contributed by atoms with Gasteiger partial charge in [-0.05, 0) is 38.6 Å². The molecule has 1 saturated carbocycles. The lowest BCUT2D eigenvalue weighted by atomic mass is 9.84. The van der Waals surface area contributed by atoms with Crippen LogP contribution in [0.2, 0.25) is 0 Å². The van der Waals surface area contributed by atoms with Crippen LogP contribution in [0.25, 0.3) is 0 Å². The molecule has 0 bridgehead atoms. The van der Waals surface area contributed by atoms with Crippen LogP contribution < -0.4 is 5.32 Å². The first-order chi connectivity index (χ1) is 6.70. The predicted octanol–water partition coefficient (Wildman–Crippen LogP) is 1.16. The summed E-state index contributed by atoms with van der Waals surface area (Å²) in [4.78, 5) is 0. The molecule has 0 aromatic carbocycles. The van der Waals surface area contributed by atoms with Crippen molar-refractivity contribution in [1.29, 1.82) is 0 Å². The second-order valence-electron chi connectivity index (χ2n) is 4.65. The highest BCUT2D eigenvalue weighted by Crippen LogP contribution is 2.26. The minimum absolute atomic E-state index is 0.0565. The summed E-state index contributed by atoms with van der Waals surface area (Å²) < 4.78 is 5.17. The van der Waals surface area contributed by atoms with Gasteiger partial charge in [0.05, 0.1) is 6.61 Å². The van der Waals surface area contributed by atoms with Crippen molar-refractivity contribution in [2.45, 2.75) is 38.1 Å². The van der Waals surface area contributed by atoms with Crippen LogP contribution >= 0.6 is 0 Å². The zero-order chi connectivity index (χ0) is 10.4. The molecule has 14 heavy (non-hydrogen) atoms. The Morgan fingerprint density at radius 3 is 2.64 bits per heavy atom. The summed E-state index contributed by atoms with van der Waals surface area (Å²) in [6.07, 6.45) is 4.85. The second kappa shape index (κ2) is 5.69. The van der Waals surface area contributed by atoms with Gasteiger partial charge in [-0.1, -0.05) is 6.42 Å². The van der Waals surface area contributed by atoms with Crippen molar-refractivity contribution in [3.05, 3.63) is 0 Å². The molecule has 0 amide bonds. The molecule has 0 heterocycles. The zero-order valence-electron chi connectivity index (χ0n) is 9.38. The van der Waals surface area contributed by atoms with Crippen molar-refractivity contribution in [2.75, 3.05) is 26.9 Å². The van der Waals surface area contributed by atoms with E-state index in [9.17, 15) is 0 Å². The van der Waals surface area contributed by atoms with Gasteiger partial charge in [0.15, 0.2) is 0 Å². The largest absolute Gasteiger partial charge is 0.396 e. The maximum atomic E-state index is 8.97. The van der Waals surface area contributed by atoms with E-state index in [1.54, 1.807) is 7.11 Å². The minimum Gasteiger partial charge on any atom is -0.396 e. The van der Waals surface area contributed by atoms with Crippen LogP contribution in [0, 0.1) is 5.92 Å². The number of methoxy groups -OCH3 is 1. The molecule has 0 aliphatic heterocycles. The molecule has 1 rings (SSSR count). The summed E-state index contributed by atoms with van der Waals surface area (Å²) in [6, 6.07) is 0. The van der Waals surface area contributed by atoms with Crippen LogP contribution in [-0.4, -0.2) is 37.5 Å². The molecule has 3 nitrogen and oxygen atoms in total. The highest BCUT2D eigenvalue weighted by molar-refractivity contribution is 4.85. The standard InChI is InChI=1S/C11H23NO2/c1-11(6-7-13,9-14-2)12-8-10-4-3-5-10/h10,12-13H,3-9H2,1-2H3/t11-/m0/s1. The molecule has 2 N–H and O–H groups in total. The van der Waals surface area contributed by atoms with Crippen molar-refractivity contribution in [1.82, 2.24) is 5.32 Å². The van der Waals surface area contributed by atoms with E-state index in [-0.39, 0.29) is 12.1 Å². The number of hydrogen-bond donors (Lipinski definition) is 2. The van der Waals surface area contributed by atoms with Gasteiger partial charge in [-0.15, -0.1) is 0 Å². The van der Waals surface area contributed by atoms with E-state index in [1.165, 1.54) is 19.3 Å². The molecule has 0 spiro atoms. The van der Waals surface area contributed by atoms with E-state index in [2.05, 4.69) is 12.2 Å². The molecule has 0 aromatic rings. The van der Waals surface area contributed by atoms with Crippen molar-refractivity contribution in [3.63, 3.8) is 0 Å². The lowest BCUT2D eigenvalue weighted by molar-refractivity contribution is 0.0911. The van der Waals surface area contributed by atoms with E-state index >= 15 is 0 Å². The number of nitrogens with one attached hydrogen (secondary N) is 1. The molecular formula is C11H23NO2. The lowest BCUT2D eigenvalue weighted by Gasteiger charge is -2.34. The maximum Gasteiger partial charge on any atom is 0.0642 e.